The van der Waals surface area contributed by atoms with Crippen LogP contribution in [0.25, 0.3) is 22.4 Å². The predicted octanol–water partition coefficient (Wildman–Crippen LogP) is 4.55. The highest BCUT2D eigenvalue weighted by Gasteiger charge is 2.09. The van der Waals surface area contributed by atoms with E-state index in [4.69, 9.17) is 0 Å². The van der Waals surface area contributed by atoms with Gasteiger partial charge in [-0.25, -0.2) is 4.98 Å². The van der Waals surface area contributed by atoms with E-state index in [-0.39, 0.29) is 0 Å². The van der Waals surface area contributed by atoms with E-state index < -0.39 is 0 Å². The van der Waals surface area contributed by atoms with Crippen LogP contribution in [-0.2, 0) is 6.42 Å². The standard InChI is InChI=1S/C15H13BrN2/c1-2-10-7-8-11(16)9-12(10)15-17-13-5-3-4-6-14(13)18-15/h3-9H,2H2,1H3,(H,17,18). The van der Waals surface area contributed by atoms with Gasteiger partial charge < -0.3 is 4.98 Å². The Morgan fingerprint density at radius 3 is 2.78 bits per heavy atom. The highest BCUT2D eigenvalue weighted by Crippen LogP contribution is 2.27. The molecule has 0 spiro atoms. The molecule has 2 aromatic carbocycles. The summed E-state index contributed by atoms with van der Waals surface area (Å²) in [4.78, 5) is 8.04. The van der Waals surface area contributed by atoms with Crippen LogP contribution in [0.2, 0.25) is 0 Å². The first-order valence-corrected chi connectivity index (χ1v) is 6.81. The maximum atomic E-state index is 4.66. The van der Waals surface area contributed by atoms with Gasteiger partial charge in [0.25, 0.3) is 0 Å². The molecule has 0 saturated heterocycles. The molecule has 0 amide bonds. The van der Waals surface area contributed by atoms with E-state index in [9.17, 15) is 0 Å². The highest BCUT2D eigenvalue weighted by atomic mass is 79.9. The number of aryl methyl sites for hydroxylation is 1. The van der Waals surface area contributed by atoms with Crippen molar-refractivity contribution >= 4 is 27.0 Å². The average molecular weight is 301 g/mol. The van der Waals surface area contributed by atoms with Gasteiger partial charge in [-0.3, -0.25) is 0 Å². The Bertz CT molecular complexity index is 668. The Kier molecular flexibility index (Phi) is 2.92. The fourth-order valence-electron chi connectivity index (χ4n) is 2.16. The normalized spacial score (nSPS) is 11.0. The molecule has 0 radical (unpaired) electrons. The third-order valence-electron chi connectivity index (χ3n) is 3.10. The van der Waals surface area contributed by atoms with Gasteiger partial charge in [-0.15, -0.1) is 0 Å². The zero-order valence-electron chi connectivity index (χ0n) is 10.1. The highest BCUT2D eigenvalue weighted by molar-refractivity contribution is 9.10. The molecule has 1 aromatic heterocycles. The van der Waals surface area contributed by atoms with E-state index in [1.807, 2.05) is 18.2 Å². The number of nitrogens with zero attached hydrogens (tertiary/aromatic N) is 1. The number of rotatable bonds is 2. The van der Waals surface area contributed by atoms with E-state index in [1.54, 1.807) is 0 Å². The maximum absolute atomic E-state index is 4.66. The van der Waals surface area contributed by atoms with Gasteiger partial charge >= 0.3 is 0 Å². The molecule has 1 N–H and O–H groups in total. The molecule has 1 heterocycles. The van der Waals surface area contributed by atoms with Crippen LogP contribution < -0.4 is 0 Å². The van der Waals surface area contributed by atoms with Gasteiger partial charge in [0.2, 0.25) is 0 Å². The van der Waals surface area contributed by atoms with Gasteiger partial charge in [0.1, 0.15) is 5.82 Å². The second kappa shape index (κ2) is 4.58. The number of aromatic nitrogens is 2. The third kappa shape index (κ3) is 1.95. The van der Waals surface area contributed by atoms with E-state index in [2.05, 4.69) is 57.1 Å². The lowest BCUT2D eigenvalue weighted by molar-refractivity contribution is 1.13. The Morgan fingerprint density at radius 2 is 2.00 bits per heavy atom. The predicted molar refractivity (Wildman–Crippen MR) is 78.6 cm³/mol. The number of para-hydroxylation sites is 2. The fraction of sp³-hybridized carbons (Fsp3) is 0.133. The lowest BCUT2D eigenvalue weighted by Gasteiger charge is -2.05. The number of hydrogen-bond acceptors (Lipinski definition) is 1. The van der Waals surface area contributed by atoms with Crippen LogP contribution in [0.5, 0.6) is 0 Å². The van der Waals surface area contributed by atoms with Crippen molar-refractivity contribution in [3.8, 4) is 11.4 Å². The number of imidazole rings is 1. The number of fused-ring (bicyclic) bond motifs is 1. The minimum Gasteiger partial charge on any atom is -0.338 e. The van der Waals surface area contributed by atoms with E-state index in [0.29, 0.717) is 0 Å². The second-order valence-corrected chi connectivity index (χ2v) is 5.17. The van der Waals surface area contributed by atoms with Crippen molar-refractivity contribution in [2.75, 3.05) is 0 Å². The summed E-state index contributed by atoms with van der Waals surface area (Å²) in [6.07, 6.45) is 1.000. The lowest BCUT2D eigenvalue weighted by atomic mass is 10.1. The molecule has 3 aromatic rings. The number of halogens is 1. The van der Waals surface area contributed by atoms with Gasteiger partial charge in [-0.1, -0.05) is 41.1 Å². The molecule has 0 aliphatic carbocycles. The third-order valence-corrected chi connectivity index (χ3v) is 3.59. The van der Waals surface area contributed by atoms with Crippen LogP contribution in [0, 0.1) is 0 Å². The van der Waals surface area contributed by atoms with Crippen molar-refractivity contribution in [3.05, 3.63) is 52.5 Å². The molecule has 0 aliphatic heterocycles. The van der Waals surface area contributed by atoms with Crippen molar-refractivity contribution in [2.45, 2.75) is 13.3 Å². The Balaban J connectivity index is 2.22. The van der Waals surface area contributed by atoms with Crippen LogP contribution in [-0.4, -0.2) is 9.97 Å². The van der Waals surface area contributed by atoms with Gasteiger partial charge in [-0.05, 0) is 36.2 Å². The topological polar surface area (TPSA) is 28.7 Å². The minimum absolute atomic E-state index is 0.939. The first kappa shape index (κ1) is 11.5. The summed E-state index contributed by atoms with van der Waals surface area (Å²) in [5, 5.41) is 0. The summed E-state index contributed by atoms with van der Waals surface area (Å²) in [6, 6.07) is 14.4. The molecule has 3 rings (SSSR count). The first-order valence-electron chi connectivity index (χ1n) is 6.01. The summed E-state index contributed by atoms with van der Waals surface area (Å²) in [5.74, 6) is 0.939. The first-order chi connectivity index (χ1) is 8.78. The quantitative estimate of drug-likeness (QED) is 0.739. The maximum Gasteiger partial charge on any atom is 0.138 e. The van der Waals surface area contributed by atoms with Crippen molar-refractivity contribution in [2.24, 2.45) is 0 Å². The summed E-state index contributed by atoms with van der Waals surface area (Å²) in [6.45, 7) is 2.16. The van der Waals surface area contributed by atoms with Gasteiger partial charge in [0.15, 0.2) is 0 Å². The fourth-order valence-corrected chi connectivity index (χ4v) is 2.52. The number of benzene rings is 2. The number of hydrogen-bond donors (Lipinski definition) is 1. The smallest absolute Gasteiger partial charge is 0.138 e. The molecule has 0 bridgehead atoms. The van der Waals surface area contributed by atoms with Crippen molar-refractivity contribution < 1.29 is 0 Å². The van der Waals surface area contributed by atoms with Crippen LogP contribution in [0.3, 0.4) is 0 Å². The van der Waals surface area contributed by atoms with Crippen molar-refractivity contribution in [1.82, 2.24) is 9.97 Å². The molecule has 3 heteroatoms. The van der Waals surface area contributed by atoms with E-state index in [0.717, 1.165) is 27.8 Å². The Hall–Kier alpha value is -1.61. The van der Waals surface area contributed by atoms with Crippen LogP contribution in [0.1, 0.15) is 12.5 Å². The van der Waals surface area contributed by atoms with Crippen molar-refractivity contribution in [1.29, 1.82) is 0 Å². The largest absolute Gasteiger partial charge is 0.338 e. The molecule has 2 nitrogen and oxygen atoms in total. The summed E-state index contributed by atoms with van der Waals surface area (Å²) in [7, 11) is 0. The molecule has 18 heavy (non-hydrogen) atoms. The van der Waals surface area contributed by atoms with Gasteiger partial charge in [-0.2, -0.15) is 0 Å². The molecule has 0 fully saturated rings. The summed E-state index contributed by atoms with van der Waals surface area (Å²) in [5.41, 5.74) is 4.56. The van der Waals surface area contributed by atoms with E-state index in [1.165, 1.54) is 11.1 Å². The number of nitrogens with one attached hydrogen (secondary N) is 1. The van der Waals surface area contributed by atoms with Crippen LogP contribution in [0.15, 0.2) is 46.9 Å². The zero-order chi connectivity index (χ0) is 12.5. The van der Waals surface area contributed by atoms with Crippen LogP contribution >= 0.6 is 15.9 Å². The Labute approximate surface area is 114 Å². The SMILES string of the molecule is CCc1ccc(Br)cc1-c1nc2ccccc2[nH]1. The molecular weight excluding hydrogens is 288 g/mol. The molecule has 0 aliphatic rings. The average Bonchev–Trinajstić information content (AvgIpc) is 2.82. The molecule has 0 unspecified atom stereocenters. The van der Waals surface area contributed by atoms with Gasteiger partial charge in [0.05, 0.1) is 11.0 Å². The Morgan fingerprint density at radius 1 is 1.17 bits per heavy atom. The summed E-state index contributed by atoms with van der Waals surface area (Å²) < 4.78 is 1.08. The molecule has 0 saturated carbocycles. The van der Waals surface area contributed by atoms with E-state index >= 15 is 0 Å². The number of aromatic amines is 1. The number of H-pyrrole nitrogens is 1. The summed E-state index contributed by atoms with van der Waals surface area (Å²) >= 11 is 3.52. The van der Waals surface area contributed by atoms with Crippen LogP contribution in [0.4, 0.5) is 0 Å². The molecular formula is C15H13BrN2. The molecule has 90 valence electrons. The lowest BCUT2D eigenvalue weighted by Crippen LogP contribution is -1.89. The minimum atomic E-state index is 0.939. The van der Waals surface area contributed by atoms with Gasteiger partial charge in [0, 0.05) is 10.0 Å². The van der Waals surface area contributed by atoms with Crippen molar-refractivity contribution in [3.63, 3.8) is 0 Å². The zero-order valence-corrected chi connectivity index (χ0v) is 11.7. The second-order valence-electron chi connectivity index (χ2n) is 4.26. The monoisotopic (exact) mass is 300 g/mol. The molecule has 0 atom stereocenters.